The minimum atomic E-state index is -0.408. The van der Waals surface area contributed by atoms with Gasteiger partial charge in [0.25, 0.3) is 5.91 Å². The van der Waals surface area contributed by atoms with E-state index in [1.165, 1.54) is 24.4 Å². The molecule has 2 heterocycles. The van der Waals surface area contributed by atoms with Gasteiger partial charge in [0.2, 0.25) is 11.8 Å². The topological polar surface area (TPSA) is 80.3 Å². The lowest BCUT2D eigenvalue weighted by atomic mass is 10.1. The lowest BCUT2D eigenvalue weighted by Gasteiger charge is -2.12. The Labute approximate surface area is 174 Å². The van der Waals surface area contributed by atoms with Gasteiger partial charge in [-0.15, -0.1) is 0 Å². The summed E-state index contributed by atoms with van der Waals surface area (Å²) in [6.45, 7) is 0.287. The number of pyridine rings is 1. The van der Waals surface area contributed by atoms with Gasteiger partial charge in [-0.25, -0.2) is 9.37 Å². The van der Waals surface area contributed by atoms with Crippen LogP contribution in [-0.4, -0.2) is 16.8 Å². The Morgan fingerprint density at radius 1 is 1.24 bits per heavy atom. The zero-order chi connectivity index (χ0) is 20.4. The first kappa shape index (κ1) is 19.1. The lowest BCUT2D eigenvalue weighted by molar-refractivity contribution is -0.115. The molecule has 0 saturated heterocycles. The highest BCUT2D eigenvalue weighted by Gasteiger charge is 2.18. The van der Waals surface area contributed by atoms with Gasteiger partial charge in [-0.3, -0.25) is 9.59 Å². The number of hydrogen-bond donors (Lipinski definition) is 2. The molecule has 1 aliphatic heterocycles. The van der Waals surface area contributed by atoms with Gasteiger partial charge in [0.1, 0.15) is 17.1 Å². The first-order valence-corrected chi connectivity index (χ1v) is 9.56. The maximum Gasteiger partial charge on any atom is 0.257 e. The summed E-state index contributed by atoms with van der Waals surface area (Å²) >= 11 is 3.23. The summed E-state index contributed by atoms with van der Waals surface area (Å²) in [7, 11) is 0. The van der Waals surface area contributed by atoms with E-state index in [4.69, 9.17) is 4.74 Å². The Morgan fingerprint density at radius 2 is 2.10 bits per heavy atom. The van der Waals surface area contributed by atoms with E-state index in [-0.39, 0.29) is 29.8 Å². The number of nitrogens with one attached hydrogen (secondary N) is 2. The van der Waals surface area contributed by atoms with E-state index < -0.39 is 5.82 Å². The van der Waals surface area contributed by atoms with Crippen molar-refractivity contribution in [3.8, 4) is 11.6 Å². The summed E-state index contributed by atoms with van der Waals surface area (Å²) in [5.74, 6) is -0.350. The van der Waals surface area contributed by atoms with Crippen molar-refractivity contribution in [2.45, 2.75) is 13.0 Å². The Hall–Kier alpha value is -3.26. The highest BCUT2D eigenvalue weighted by Crippen LogP contribution is 2.31. The fourth-order valence-corrected chi connectivity index (χ4v) is 3.41. The molecule has 6 nitrogen and oxygen atoms in total. The van der Waals surface area contributed by atoms with Gasteiger partial charge in [0.15, 0.2) is 0 Å². The van der Waals surface area contributed by atoms with E-state index in [0.717, 1.165) is 16.8 Å². The Kier molecular flexibility index (Phi) is 5.26. The number of aromatic nitrogens is 1. The smallest absolute Gasteiger partial charge is 0.257 e. The lowest BCUT2D eigenvalue weighted by Crippen LogP contribution is -2.23. The van der Waals surface area contributed by atoms with Crippen LogP contribution in [0.1, 0.15) is 21.5 Å². The van der Waals surface area contributed by atoms with Crippen molar-refractivity contribution in [1.82, 2.24) is 10.3 Å². The number of ether oxygens (including phenoxy) is 1. The third-order valence-electron chi connectivity index (χ3n) is 4.36. The average Bonchev–Trinajstić information content (AvgIpc) is 3.08. The number of nitrogens with zero attached hydrogens (tertiary/aromatic N) is 1. The Balaban J connectivity index is 1.48. The number of fused-ring (bicyclic) bond motifs is 1. The van der Waals surface area contributed by atoms with Crippen LogP contribution in [-0.2, 0) is 17.8 Å². The van der Waals surface area contributed by atoms with E-state index >= 15 is 0 Å². The van der Waals surface area contributed by atoms with Crippen LogP contribution in [0.3, 0.4) is 0 Å². The number of hydrogen-bond acceptors (Lipinski definition) is 4. The van der Waals surface area contributed by atoms with Crippen molar-refractivity contribution >= 4 is 33.4 Å². The normalized spacial score (nSPS) is 12.3. The van der Waals surface area contributed by atoms with E-state index in [9.17, 15) is 14.0 Å². The molecule has 2 N–H and O–H groups in total. The highest BCUT2D eigenvalue weighted by atomic mass is 79.9. The van der Waals surface area contributed by atoms with Crippen molar-refractivity contribution in [3.63, 3.8) is 0 Å². The molecule has 1 aromatic heterocycles. The van der Waals surface area contributed by atoms with Gasteiger partial charge >= 0.3 is 0 Å². The molecule has 1 aliphatic rings. The van der Waals surface area contributed by atoms with E-state index in [1.54, 1.807) is 12.1 Å². The maximum atomic E-state index is 13.3. The van der Waals surface area contributed by atoms with Crippen LogP contribution in [0.5, 0.6) is 11.6 Å². The molecule has 29 heavy (non-hydrogen) atoms. The fraction of sp³-hybridized carbons (Fsp3) is 0.0952. The standard InChI is InChI=1S/C21H15BrFN3O3/c22-16-10-14(23)4-6-18(16)29-21-15(2-1-7-24-21)20(28)25-11-12-3-5-17-13(8-12)9-19(27)26-17/h1-8,10H,9,11H2,(H,25,28)(H,26,27). The number of rotatable bonds is 5. The molecule has 0 saturated carbocycles. The molecule has 2 aromatic carbocycles. The molecular weight excluding hydrogens is 441 g/mol. The number of halogens is 2. The van der Waals surface area contributed by atoms with E-state index in [2.05, 4.69) is 31.5 Å². The summed E-state index contributed by atoms with van der Waals surface area (Å²) in [5.41, 5.74) is 2.84. The van der Waals surface area contributed by atoms with Crippen LogP contribution in [0.4, 0.5) is 10.1 Å². The molecular formula is C21H15BrFN3O3. The van der Waals surface area contributed by atoms with Crippen molar-refractivity contribution < 1.29 is 18.7 Å². The molecule has 4 rings (SSSR count). The summed E-state index contributed by atoms with van der Waals surface area (Å²) in [6.07, 6.45) is 1.85. The molecule has 0 bridgehead atoms. The van der Waals surface area contributed by atoms with Crippen LogP contribution in [0.25, 0.3) is 0 Å². The second-order valence-electron chi connectivity index (χ2n) is 6.43. The quantitative estimate of drug-likeness (QED) is 0.603. The van der Waals surface area contributed by atoms with Gasteiger partial charge in [-0.05, 0) is 63.5 Å². The SMILES string of the molecule is O=C1Cc2cc(CNC(=O)c3cccnc3Oc3ccc(F)cc3Br)ccc2N1. The number of benzene rings is 2. The second kappa shape index (κ2) is 8.00. The van der Waals surface area contributed by atoms with Gasteiger partial charge in [-0.2, -0.15) is 0 Å². The molecule has 2 amide bonds. The van der Waals surface area contributed by atoms with Gasteiger partial charge < -0.3 is 15.4 Å². The Morgan fingerprint density at radius 3 is 2.93 bits per heavy atom. The number of anilines is 1. The van der Waals surface area contributed by atoms with Gasteiger partial charge in [-0.1, -0.05) is 12.1 Å². The first-order chi connectivity index (χ1) is 14.0. The zero-order valence-corrected chi connectivity index (χ0v) is 16.6. The highest BCUT2D eigenvalue weighted by molar-refractivity contribution is 9.10. The van der Waals surface area contributed by atoms with Gasteiger partial charge in [0.05, 0.1) is 10.9 Å². The largest absolute Gasteiger partial charge is 0.437 e. The second-order valence-corrected chi connectivity index (χ2v) is 7.29. The number of amides is 2. The molecule has 0 unspecified atom stereocenters. The first-order valence-electron chi connectivity index (χ1n) is 8.77. The van der Waals surface area contributed by atoms with Crippen molar-refractivity contribution in [3.05, 3.63) is 81.7 Å². The monoisotopic (exact) mass is 455 g/mol. The Bertz CT molecular complexity index is 1120. The molecule has 0 spiro atoms. The minimum absolute atomic E-state index is 0.0368. The minimum Gasteiger partial charge on any atom is -0.437 e. The molecule has 146 valence electrons. The van der Waals surface area contributed by atoms with Crippen LogP contribution >= 0.6 is 15.9 Å². The van der Waals surface area contributed by atoms with Crippen LogP contribution in [0, 0.1) is 5.82 Å². The van der Waals surface area contributed by atoms with Crippen molar-refractivity contribution in [2.24, 2.45) is 0 Å². The van der Waals surface area contributed by atoms with E-state index in [1.807, 2.05) is 18.2 Å². The predicted molar refractivity (Wildman–Crippen MR) is 108 cm³/mol. The summed E-state index contributed by atoms with van der Waals surface area (Å²) in [5, 5.41) is 5.61. The van der Waals surface area contributed by atoms with Crippen molar-refractivity contribution in [1.29, 1.82) is 0 Å². The number of carbonyl (C=O) groups excluding carboxylic acids is 2. The zero-order valence-electron chi connectivity index (χ0n) is 15.0. The molecule has 0 fully saturated rings. The predicted octanol–water partition coefficient (Wildman–Crippen LogP) is 4.20. The maximum absolute atomic E-state index is 13.3. The van der Waals surface area contributed by atoms with Gasteiger partial charge in [0, 0.05) is 18.4 Å². The van der Waals surface area contributed by atoms with Crippen LogP contribution in [0.15, 0.2) is 59.2 Å². The van der Waals surface area contributed by atoms with Crippen LogP contribution < -0.4 is 15.4 Å². The summed E-state index contributed by atoms with van der Waals surface area (Å²) < 4.78 is 19.4. The molecule has 3 aromatic rings. The molecule has 0 radical (unpaired) electrons. The molecule has 8 heteroatoms. The third-order valence-corrected chi connectivity index (χ3v) is 4.98. The molecule has 0 atom stereocenters. The fourth-order valence-electron chi connectivity index (χ4n) is 2.98. The summed E-state index contributed by atoms with van der Waals surface area (Å²) in [6, 6.07) is 12.8. The average molecular weight is 456 g/mol. The summed E-state index contributed by atoms with van der Waals surface area (Å²) in [4.78, 5) is 28.3. The molecule has 0 aliphatic carbocycles. The number of carbonyl (C=O) groups is 2. The third kappa shape index (κ3) is 4.27. The van der Waals surface area contributed by atoms with Crippen molar-refractivity contribution in [2.75, 3.05) is 5.32 Å². The van der Waals surface area contributed by atoms with E-state index in [0.29, 0.717) is 16.6 Å². The van der Waals surface area contributed by atoms with Crippen LogP contribution in [0.2, 0.25) is 0 Å².